The van der Waals surface area contributed by atoms with Crippen molar-refractivity contribution in [2.45, 2.75) is 38.8 Å². The molecule has 2 atom stereocenters. The normalized spacial score (nSPS) is 26.1. The molecule has 0 aromatic rings. The topological polar surface area (TPSA) is 41.6 Å². The molecular formula is C12H24N2O2. The summed E-state index contributed by atoms with van der Waals surface area (Å²) in [6.07, 6.45) is 0.882. The van der Waals surface area contributed by atoms with Crippen molar-refractivity contribution in [1.29, 1.82) is 0 Å². The Morgan fingerprint density at radius 1 is 1.44 bits per heavy atom. The van der Waals surface area contributed by atoms with Crippen molar-refractivity contribution < 1.29 is 9.53 Å². The summed E-state index contributed by atoms with van der Waals surface area (Å²) in [6.45, 7) is 7.62. The Morgan fingerprint density at radius 2 is 2.06 bits per heavy atom. The molecule has 0 spiro atoms. The molecule has 0 aromatic heterocycles. The second kappa shape index (κ2) is 5.15. The molecule has 2 unspecified atom stereocenters. The highest BCUT2D eigenvalue weighted by atomic mass is 16.6. The lowest BCUT2D eigenvalue weighted by Gasteiger charge is -2.22. The van der Waals surface area contributed by atoms with Gasteiger partial charge in [-0.3, -0.25) is 4.79 Å². The minimum Gasteiger partial charge on any atom is -0.459 e. The second-order valence-corrected chi connectivity index (χ2v) is 5.86. The maximum Gasteiger partial charge on any atom is 0.323 e. The number of hydrogen-bond donors (Lipinski definition) is 1. The fourth-order valence-corrected chi connectivity index (χ4v) is 2.02. The molecule has 0 radical (unpaired) electrons. The van der Waals surface area contributed by atoms with Crippen LogP contribution < -0.4 is 5.32 Å². The fourth-order valence-electron chi connectivity index (χ4n) is 2.02. The first-order valence-electron chi connectivity index (χ1n) is 5.89. The van der Waals surface area contributed by atoms with Gasteiger partial charge in [-0.15, -0.1) is 0 Å². The molecule has 1 N–H and O–H groups in total. The van der Waals surface area contributed by atoms with E-state index in [1.807, 2.05) is 20.8 Å². The third-order valence-corrected chi connectivity index (χ3v) is 2.54. The third-order valence-electron chi connectivity index (χ3n) is 2.54. The highest BCUT2D eigenvalue weighted by Gasteiger charge is 2.32. The van der Waals surface area contributed by atoms with Crippen LogP contribution in [0.4, 0.5) is 0 Å². The predicted octanol–water partition coefficient (Wildman–Crippen LogP) is 0.868. The maximum absolute atomic E-state index is 11.8. The fraction of sp³-hybridized carbons (Fsp3) is 0.917. The van der Waals surface area contributed by atoms with Crippen molar-refractivity contribution in [1.82, 2.24) is 10.2 Å². The van der Waals surface area contributed by atoms with Gasteiger partial charge >= 0.3 is 5.97 Å². The van der Waals surface area contributed by atoms with Gasteiger partial charge < -0.3 is 15.0 Å². The molecule has 0 aromatic carbocycles. The van der Waals surface area contributed by atoms with Crippen LogP contribution >= 0.6 is 0 Å². The summed E-state index contributed by atoms with van der Waals surface area (Å²) >= 11 is 0. The molecule has 1 rings (SSSR count). The van der Waals surface area contributed by atoms with Crippen molar-refractivity contribution in [3.05, 3.63) is 0 Å². The van der Waals surface area contributed by atoms with E-state index in [2.05, 4.69) is 24.3 Å². The van der Waals surface area contributed by atoms with Gasteiger partial charge in [-0.2, -0.15) is 0 Å². The highest BCUT2D eigenvalue weighted by Crippen LogP contribution is 2.18. The van der Waals surface area contributed by atoms with Crippen molar-refractivity contribution in [2.24, 2.45) is 5.92 Å². The Labute approximate surface area is 98.3 Å². The quantitative estimate of drug-likeness (QED) is 0.728. The molecule has 1 fully saturated rings. The number of nitrogens with one attached hydrogen (secondary N) is 1. The van der Waals surface area contributed by atoms with Gasteiger partial charge in [-0.25, -0.2) is 0 Å². The standard InChI is InChI=1S/C12H24N2O2/c1-12(2,3)16-11(15)10-6-9(7-13-10)8-14(4)5/h9-10,13H,6-8H2,1-5H3. The first kappa shape index (κ1) is 13.5. The molecule has 16 heavy (non-hydrogen) atoms. The Morgan fingerprint density at radius 3 is 2.56 bits per heavy atom. The molecule has 1 saturated heterocycles. The van der Waals surface area contributed by atoms with E-state index in [1.165, 1.54) is 0 Å². The van der Waals surface area contributed by atoms with Crippen LogP contribution in [0.2, 0.25) is 0 Å². The van der Waals surface area contributed by atoms with E-state index in [1.54, 1.807) is 0 Å². The molecule has 4 heteroatoms. The maximum atomic E-state index is 11.8. The Kier molecular flexibility index (Phi) is 4.33. The summed E-state index contributed by atoms with van der Waals surface area (Å²) in [6, 6.07) is -0.121. The number of nitrogens with zero attached hydrogens (tertiary/aromatic N) is 1. The van der Waals surface area contributed by atoms with Gasteiger partial charge in [-0.05, 0) is 47.2 Å². The number of rotatable bonds is 3. The summed E-state index contributed by atoms with van der Waals surface area (Å²) in [4.78, 5) is 14.0. The minimum atomic E-state index is -0.390. The van der Waals surface area contributed by atoms with Crippen LogP contribution in [0.15, 0.2) is 0 Å². The molecule has 94 valence electrons. The first-order chi connectivity index (χ1) is 7.28. The van der Waals surface area contributed by atoms with E-state index in [0.717, 1.165) is 19.5 Å². The van der Waals surface area contributed by atoms with Crippen LogP contribution in [0.25, 0.3) is 0 Å². The summed E-state index contributed by atoms with van der Waals surface area (Å²) in [7, 11) is 4.11. The number of ether oxygens (including phenoxy) is 1. The van der Waals surface area contributed by atoms with E-state index in [0.29, 0.717) is 5.92 Å². The smallest absolute Gasteiger partial charge is 0.323 e. The van der Waals surface area contributed by atoms with Gasteiger partial charge in [0.1, 0.15) is 11.6 Å². The van der Waals surface area contributed by atoms with Crippen LogP contribution in [-0.4, -0.2) is 49.7 Å². The summed E-state index contributed by atoms with van der Waals surface area (Å²) in [5, 5.41) is 3.23. The zero-order chi connectivity index (χ0) is 12.3. The van der Waals surface area contributed by atoms with Crippen molar-refractivity contribution in [3.8, 4) is 0 Å². The van der Waals surface area contributed by atoms with Gasteiger partial charge in [-0.1, -0.05) is 0 Å². The lowest BCUT2D eigenvalue weighted by molar-refractivity contribution is -0.157. The van der Waals surface area contributed by atoms with Crippen LogP contribution in [0.1, 0.15) is 27.2 Å². The monoisotopic (exact) mass is 228 g/mol. The van der Waals surface area contributed by atoms with Crippen LogP contribution in [0.5, 0.6) is 0 Å². The van der Waals surface area contributed by atoms with Crippen LogP contribution in [0.3, 0.4) is 0 Å². The lowest BCUT2D eigenvalue weighted by Crippen LogP contribution is -2.37. The van der Waals surface area contributed by atoms with E-state index >= 15 is 0 Å². The lowest BCUT2D eigenvalue weighted by atomic mass is 10.1. The van der Waals surface area contributed by atoms with E-state index in [4.69, 9.17) is 4.74 Å². The first-order valence-corrected chi connectivity index (χ1v) is 5.89. The van der Waals surface area contributed by atoms with E-state index in [9.17, 15) is 4.79 Å². The predicted molar refractivity (Wildman–Crippen MR) is 64.3 cm³/mol. The van der Waals surface area contributed by atoms with Gasteiger partial charge in [0.05, 0.1) is 0 Å². The molecule has 1 heterocycles. The SMILES string of the molecule is CN(C)CC1CNC(C(=O)OC(C)(C)C)C1. The molecule has 1 aliphatic rings. The second-order valence-electron chi connectivity index (χ2n) is 5.86. The molecule has 0 aliphatic carbocycles. The zero-order valence-electron chi connectivity index (χ0n) is 11.0. The highest BCUT2D eigenvalue weighted by molar-refractivity contribution is 5.76. The van der Waals surface area contributed by atoms with E-state index in [-0.39, 0.29) is 12.0 Å². The van der Waals surface area contributed by atoms with Crippen molar-refractivity contribution >= 4 is 5.97 Å². The molecule has 4 nitrogen and oxygen atoms in total. The van der Waals surface area contributed by atoms with Gasteiger partial charge in [0.2, 0.25) is 0 Å². The number of esters is 1. The number of hydrogen-bond acceptors (Lipinski definition) is 4. The molecule has 0 amide bonds. The Bertz CT molecular complexity index is 246. The largest absolute Gasteiger partial charge is 0.459 e. The molecule has 1 aliphatic heterocycles. The summed E-state index contributed by atoms with van der Waals surface area (Å²) in [5.74, 6) is 0.432. The van der Waals surface area contributed by atoms with E-state index < -0.39 is 5.60 Å². The summed E-state index contributed by atoms with van der Waals surface area (Å²) < 4.78 is 5.36. The van der Waals surface area contributed by atoms with Gasteiger partial charge in [0.25, 0.3) is 0 Å². The van der Waals surface area contributed by atoms with Gasteiger partial charge in [0.15, 0.2) is 0 Å². The minimum absolute atomic E-state index is 0.117. The summed E-state index contributed by atoms with van der Waals surface area (Å²) in [5.41, 5.74) is -0.390. The number of carbonyl (C=O) groups excluding carboxylic acids is 1. The molecule has 0 bridgehead atoms. The van der Waals surface area contributed by atoms with Crippen molar-refractivity contribution in [2.75, 3.05) is 27.2 Å². The van der Waals surface area contributed by atoms with Crippen molar-refractivity contribution in [3.63, 3.8) is 0 Å². The Balaban J connectivity index is 2.38. The number of carbonyl (C=O) groups is 1. The molecule has 0 saturated carbocycles. The Hall–Kier alpha value is -0.610. The van der Waals surface area contributed by atoms with Crippen LogP contribution in [-0.2, 0) is 9.53 Å². The van der Waals surface area contributed by atoms with Crippen LogP contribution in [0, 0.1) is 5.92 Å². The zero-order valence-corrected chi connectivity index (χ0v) is 11.0. The third kappa shape index (κ3) is 4.49. The van der Waals surface area contributed by atoms with Gasteiger partial charge in [0, 0.05) is 13.1 Å². The molecular weight excluding hydrogens is 204 g/mol. The average Bonchev–Trinajstić information content (AvgIpc) is 2.48. The average molecular weight is 228 g/mol.